The summed E-state index contributed by atoms with van der Waals surface area (Å²) in [5.41, 5.74) is 4.69. The first-order valence-corrected chi connectivity index (χ1v) is 11.7. The Morgan fingerprint density at radius 1 is 0.971 bits per heavy atom. The third kappa shape index (κ3) is 4.51. The second-order valence-electron chi connectivity index (χ2n) is 8.96. The third-order valence-electron chi connectivity index (χ3n) is 6.95. The summed E-state index contributed by atoms with van der Waals surface area (Å²) in [4.78, 5) is 36.6. The van der Waals surface area contributed by atoms with Crippen LogP contribution in [0.15, 0.2) is 65.3 Å². The van der Waals surface area contributed by atoms with Crippen LogP contribution < -0.4 is 10.6 Å². The van der Waals surface area contributed by atoms with E-state index in [1.54, 1.807) is 0 Å². The van der Waals surface area contributed by atoms with Crippen molar-refractivity contribution in [3.8, 4) is 11.1 Å². The lowest BCUT2D eigenvalue weighted by Crippen LogP contribution is -2.33. The first-order chi connectivity index (χ1) is 17.0. The molecule has 3 aromatic rings. The van der Waals surface area contributed by atoms with Gasteiger partial charge < -0.3 is 19.6 Å². The number of furan rings is 1. The number of amides is 2. The van der Waals surface area contributed by atoms with E-state index < -0.39 is 23.9 Å². The number of carbonyl (C=O) groups excluding carboxylic acids is 2. The standard InChI is InChI=1S/C27H26N2O6/c30-25(28-14-16-6-5-11-17(16)26(31)32)24-23(12-13-34-24)29-27(33)35-15-22-20-9-3-1-7-18(20)19-8-2-4-10-21(19)22/h1-4,7-10,12-13,16-17,22H,5-6,11,14-15H2,(H,28,30)(H,29,33)(H,31,32)/t16-,17-/m1/s1. The third-order valence-corrected chi connectivity index (χ3v) is 6.95. The minimum Gasteiger partial charge on any atom is -0.481 e. The van der Waals surface area contributed by atoms with E-state index in [1.807, 2.05) is 36.4 Å². The number of nitrogens with one attached hydrogen (secondary N) is 2. The number of hydrogen-bond donors (Lipinski definition) is 3. The minimum atomic E-state index is -0.836. The Kier molecular flexibility index (Phi) is 6.27. The first kappa shape index (κ1) is 22.7. The first-order valence-electron chi connectivity index (χ1n) is 11.7. The van der Waals surface area contributed by atoms with Crippen molar-refractivity contribution in [2.24, 2.45) is 11.8 Å². The van der Waals surface area contributed by atoms with Crippen LogP contribution in [0.25, 0.3) is 11.1 Å². The highest BCUT2D eigenvalue weighted by molar-refractivity contribution is 6.00. The van der Waals surface area contributed by atoms with Crippen molar-refractivity contribution in [3.63, 3.8) is 0 Å². The van der Waals surface area contributed by atoms with Gasteiger partial charge in [0.15, 0.2) is 0 Å². The van der Waals surface area contributed by atoms with E-state index in [-0.39, 0.29) is 36.4 Å². The Morgan fingerprint density at radius 3 is 2.34 bits per heavy atom. The number of fused-ring (bicyclic) bond motifs is 3. The molecule has 0 unspecified atom stereocenters. The van der Waals surface area contributed by atoms with Gasteiger partial charge in [-0.3, -0.25) is 14.9 Å². The number of aliphatic carboxylic acids is 1. The molecule has 2 atom stereocenters. The van der Waals surface area contributed by atoms with Gasteiger partial charge in [0, 0.05) is 18.5 Å². The van der Waals surface area contributed by atoms with E-state index in [0.29, 0.717) is 6.42 Å². The van der Waals surface area contributed by atoms with Crippen LogP contribution in [-0.4, -0.2) is 36.2 Å². The smallest absolute Gasteiger partial charge is 0.411 e. The molecule has 2 amide bonds. The second kappa shape index (κ2) is 9.66. The lowest BCUT2D eigenvalue weighted by atomic mass is 9.96. The van der Waals surface area contributed by atoms with Crippen molar-refractivity contribution in [2.75, 3.05) is 18.5 Å². The zero-order valence-corrected chi connectivity index (χ0v) is 19.0. The van der Waals surface area contributed by atoms with Gasteiger partial charge in [0.2, 0.25) is 5.76 Å². The number of carboxylic acids is 1. The molecule has 1 fully saturated rings. The number of anilines is 1. The second-order valence-corrected chi connectivity index (χ2v) is 8.96. The lowest BCUT2D eigenvalue weighted by molar-refractivity contribution is -0.142. The van der Waals surface area contributed by atoms with Gasteiger partial charge in [-0.2, -0.15) is 0 Å². The average molecular weight is 475 g/mol. The molecule has 5 rings (SSSR count). The Labute approximate surface area is 202 Å². The van der Waals surface area contributed by atoms with Gasteiger partial charge in [-0.25, -0.2) is 4.79 Å². The molecule has 0 radical (unpaired) electrons. The van der Waals surface area contributed by atoms with Crippen LogP contribution in [0.4, 0.5) is 10.5 Å². The minimum absolute atomic E-state index is 0.0524. The molecule has 35 heavy (non-hydrogen) atoms. The molecule has 0 bridgehead atoms. The van der Waals surface area contributed by atoms with Crippen molar-refractivity contribution in [2.45, 2.75) is 25.2 Å². The molecular formula is C27H26N2O6. The molecule has 0 aliphatic heterocycles. The van der Waals surface area contributed by atoms with Crippen LogP contribution in [0.2, 0.25) is 0 Å². The van der Waals surface area contributed by atoms with Gasteiger partial charge in [-0.15, -0.1) is 0 Å². The maximum atomic E-state index is 12.6. The largest absolute Gasteiger partial charge is 0.481 e. The van der Waals surface area contributed by atoms with Crippen molar-refractivity contribution < 1.29 is 28.6 Å². The number of ether oxygens (including phenoxy) is 1. The zero-order valence-electron chi connectivity index (χ0n) is 19.0. The number of benzene rings is 2. The summed E-state index contributed by atoms with van der Waals surface area (Å²) in [5, 5.41) is 14.6. The molecule has 0 spiro atoms. The molecule has 0 saturated heterocycles. The van der Waals surface area contributed by atoms with Crippen molar-refractivity contribution >= 4 is 23.7 Å². The van der Waals surface area contributed by atoms with Gasteiger partial charge in [0.1, 0.15) is 6.61 Å². The van der Waals surface area contributed by atoms with Crippen LogP contribution in [0, 0.1) is 11.8 Å². The summed E-state index contributed by atoms with van der Waals surface area (Å²) >= 11 is 0. The molecule has 8 nitrogen and oxygen atoms in total. The fraction of sp³-hybridized carbons (Fsp3) is 0.296. The number of rotatable bonds is 7. The molecule has 8 heteroatoms. The summed E-state index contributed by atoms with van der Waals surface area (Å²) < 4.78 is 10.8. The summed E-state index contributed by atoms with van der Waals surface area (Å²) in [6.07, 6.45) is 2.81. The highest BCUT2D eigenvalue weighted by Crippen LogP contribution is 2.44. The number of carboxylic acid groups (broad SMARTS) is 1. The van der Waals surface area contributed by atoms with E-state index in [4.69, 9.17) is 9.15 Å². The van der Waals surface area contributed by atoms with Crippen molar-refractivity contribution in [1.29, 1.82) is 0 Å². The lowest BCUT2D eigenvalue weighted by Gasteiger charge is -2.16. The van der Waals surface area contributed by atoms with Gasteiger partial charge in [0.25, 0.3) is 5.91 Å². The van der Waals surface area contributed by atoms with E-state index in [9.17, 15) is 19.5 Å². The van der Waals surface area contributed by atoms with E-state index >= 15 is 0 Å². The quantitative estimate of drug-likeness (QED) is 0.450. The summed E-state index contributed by atoms with van der Waals surface area (Å²) in [7, 11) is 0. The Balaban J connectivity index is 1.19. The van der Waals surface area contributed by atoms with Gasteiger partial charge in [-0.05, 0) is 41.0 Å². The fourth-order valence-electron chi connectivity index (χ4n) is 5.24. The number of carbonyl (C=O) groups is 3. The Bertz CT molecular complexity index is 1220. The normalized spacial score (nSPS) is 18.5. The van der Waals surface area contributed by atoms with Crippen LogP contribution in [-0.2, 0) is 9.53 Å². The van der Waals surface area contributed by atoms with Gasteiger partial charge in [-0.1, -0.05) is 55.0 Å². The Hall–Kier alpha value is -4.07. The maximum Gasteiger partial charge on any atom is 0.411 e. The van der Waals surface area contributed by atoms with E-state index in [0.717, 1.165) is 35.1 Å². The SMILES string of the molecule is O=C(Nc1ccoc1C(=O)NC[C@H]1CCC[C@H]1C(=O)O)OCC1c2ccccc2-c2ccccc21. The molecule has 180 valence electrons. The van der Waals surface area contributed by atoms with Crippen molar-refractivity contribution in [1.82, 2.24) is 5.32 Å². The molecule has 3 N–H and O–H groups in total. The van der Waals surface area contributed by atoms with Crippen LogP contribution >= 0.6 is 0 Å². The average Bonchev–Trinajstić information content (AvgIpc) is 3.59. The Morgan fingerprint density at radius 2 is 1.66 bits per heavy atom. The van der Waals surface area contributed by atoms with Gasteiger partial charge in [0.05, 0.1) is 17.9 Å². The molecule has 2 aliphatic rings. The zero-order chi connectivity index (χ0) is 24.4. The van der Waals surface area contributed by atoms with E-state index in [1.165, 1.54) is 12.3 Å². The van der Waals surface area contributed by atoms with E-state index in [2.05, 4.69) is 22.8 Å². The van der Waals surface area contributed by atoms with Crippen LogP contribution in [0.3, 0.4) is 0 Å². The fourth-order valence-corrected chi connectivity index (χ4v) is 5.24. The molecular weight excluding hydrogens is 448 g/mol. The molecule has 1 heterocycles. The van der Waals surface area contributed by atoms with Crippen LogP contribution in [0.5, 0.6) is 0 Å². The maximum absolute atomic E-state index is 12.6. The predicted molar refractivity (Wildman–Crippen MR) is 128 cm³/mol. The molecule has 2 aromatic carbocycles. The topological polar surface area (TPSA) is 118 Å². The molecule has 1 saturated carbocycles. The highest BCUT2D eigenvalue weighted by Gasteiger charge is 2.33. The van der Waals surface area contributed by atoms with Crippen LogP contribution in [0.1, 0.15) is 46.9 Å². The van der Waals surface area contributed by atoms with Gasteiger partial charge >= 0.3 is 12.1 Å². The highest BCUT2D eigenvalue weighted by atomic mass is 16.5. The van der Waals surface area contributed by atoms with Crippen molar-refractivity contribution in [3.05, 3.63) is 77.7 Å². The summed E-state index contributed by atoms with van der Waals surface area (Å²) in [6, 6.07) is 17.6. The predicted octanol–water partition coefficient (Wildman–Crippen LogP) is 4.87. The summed E-state index contributed by atoms with van der Waals surface area (Å²) in [6.45, 7) is 0.387. The summed E-state index contributed by atoms with van der Waals surface area (Å²) in [5.74, 6) is -2.05. The number of hydrogen-bond acceptors (Lipinski definition) is 5. The monoisotopic (exact) mass is 474 g/mol. The molecule has 2 aliphatic carbocycles. The molecule has 1 aromatic heterocycles.